The molecule has 3 aliphatic rings. The van der Waals surface area contributed by atoms with Gasteiger partial charge in [0.1, 0.15) is 11.5 Å². The monoisotopic (exact) mass is 588 g/mol. The van der Waals surface area contributed by atoms with Gasteiger partial charge in [-0.1, -0.05) is 53.9 Å². The molecule has 0 bridgehead atoms. The van der Waals surface area contributed by atoms with Crippen LogP contribution >= 0.6 is 0 Å². The molecule has 0 spiro atoms. The Hall–Kier alpha value is -2.36. The molecule has 0 amide bonds. The molecule has 8 atom stereocenters. The maximum atomic E-state index is 6.35. The lowest BCUT2D eigenvalue weighted by Gasteiger charge is -2.59. The second-order valence-corrected chi connectivity index (χ2v) is 15.6. The van der Waals surface area contributed by atoms with Crippen LogP contribution in [0.5, 0.6) is 11.5 Å². The molecular formula is C39H60N2O2. The molecule has 4 nitrogen and oxygen atoms in total. The van der Waals surface area contributed by atoms with E-state index in [4.69, 9.17) is 20.9 Å². The molecule has 0 heterocycles. The predicted molar refractivity (Wildman–Crippen MR) is 181 cm³/mol. The molecule has 0 saturated heterocycles. The van der Waals surface area contributed by atoms with E-state index in [2.05, 4.69) is 34.6 Å². The van der Waals surface area contributed by atoms with Crippen LogP contribution in [0, 0.1) is 52.3 Å². The molecule has 0 radical (unpaired) electrons. The average Bonchev–Trinajstić information content (AvgIpc) is 3.33. The maximum Gasteiger partial charge on any atom is 0.119 e. The number of benzene rings is 2. The predicted octanol–water partition coefficient (Wildman–Crippen LogP) is 10.0. The number of fused-ring (bicyclic) bond motifs is 3. The number of rotatable bonds is 13. The van der Waals surface area contributed by atoms with E-state index >= 15 is 0 Å². The van der Waals surface area contributed by atoms with Crippen LogP contribution in [-0.4, -0.2) is 13.2 Å². The van der Waals surface area contributed by atoms with Crippen molar-refractivity contribution in [3.63, 3.8) is 0 Å². The molecule has 3 fully saturated rings. The van der Waals surface area contributed by atoms with Crippen molar-refractivity contribution < 1.29 is 9.47 Å². The quantitative estimate of drug-likeness (QED) is 0.228. The number of anilines is 2. The Morgan fingerprint density at radius 2 is 1.37 bits per heavy atom. The minimum Gasteiger partial charge on any atom is -0.494 e. The van der Waals surface area contributed by atoms with E-state index in [0.29, 0.717) is 11.3 Å². The minimum absolute atomic E-state index is 0.253. The summed E-state index contributed by atoms with van der Waals surface area (Å²) in [5.74, 6) is 7.57. The standard InChI is InChI=1S/C39H60N2O2/c1-27(2)7-6-8-28(3)35-19-20-36-34-18-9-29(22-25-42-32-14-10-30(40)11-15-32)38(4,37(34)21-23-39(35,36)5)24-26-43-33-16-12-31(41)13-17-33/h10-17,27-29,34-37H,6-9,18-26,40-41H2,1-5H3. The van der Waals surface area contributed by atoms with Crippen molar-refractivity contribution in [1.82, 2.24) is 0 Å². The Labute approximate surface area is 262 Å². The van der Waals surface area contributed by atoms with Crippen molar-refractivity contribution in [3.8, 4) is 11.5 Å². The molecule has 2 aromatic carbocycles. The third kappa shape index (κ3) is 7.15. The van der Waals surface area contributed by atoms with Crippen molar-refractivity contribution in [1.29, 1.82) is 0 Å². The van der Waals surface area contributed by atoms with Crippen molar-refractivity contribution in [2.75, 3.05) is 24.7 Å². The molecular weight excluding hydrogens is 528 g/mol. The minimum atomic E-state index is 0.253. The van der Waals surface area contributed by atoms with Gasteiger partial charge in [-0.15, -0.1) is 0 Å². The Kier molecular flexibility index (Phi) is 10.2. The lowest BCUT2D eigenvalue weighted by Crippen LogP contribution is -2.53. The third-order valence-corrected chi connectivity index (χ3v) is 12.7. The number of nitrogens with two attached hydrogens (primary N) is 2. The summed E-state index contributed by atoms with van der Waals surface area (Å²) in [6, 6.07) is 15.7. The van der Waals surface area contributed by atoms with E-state index in [1.807, 2.05) is 48.5 Å². The Morgan fingerprint density at radius 3 is 2.00 bits per heavy atom. The third-order valence-electron chi connectivity index (χ3n) is 12.7. The van der Waals surface area contributed by atoms with Crippen molar-refractivity contribution in [2.45, 2.75) is 105 Å². The summed E-state index contributed by atoms with van der Waals surface area (Å²) in [7, 11) is 0. The Bertz CT molecular complexity index is 1150. The van der Waals surface area contributed by atoms with E-state index < -0.39 is 0 Å². The summed E-state index contributed by atoms with van der Waals surface area (Å²) in [6.07, 6.45) is 14.8. The average molecular weight is 589 g/mol. The van der Waals surface area contributed by atoms with Crippen molar-refractivity contribution in [3.05, 3.63) is 48.5 Å². The van der Waals surface area contributed by atoms with Gasteiger partial charge >= 0.3 is 0 Å². The molecule has 2 aromatic rings. The fourth-order valence-corrected chi connectivity index (χ4v) is 10.3. The maximum absolute atomic E-state index is 6.35. The van der Waals surface area contributed by atoms with E-state index in [1.165, 1.54) is 57.8 Å². The van der Waals surface area contributed by atoms with Gasteiger partial charge in [-0.3, -0.25) is 0 Å². The van der Waals surface area contributed by atoms with Gasteiger partial charge < -0.3 is 20.9 Å². The first kappa shape index (κ1) is 32.0. The number of ether oxygens (including phenoxy) is 2. The highest BCUT2D eigenvalue weighted by Gasteiger charge is 2.59. The van der Waals surface area contributed by atoms with Gasteiger partial charge in [0.05, 0.1) is 13.2 Å². The second kappa shape index (κ2) is 13.7. The lowest BCUT2D eigenvalue weighted by atomic mass is 9.45. The SMILES string of the molecule is CC(C)CCCC(C)C1CCC2C3CCC(CCOc4ccc(N)cc4)C(C)(CCOc4ccc(N)cc4)C3CCC12C. The van der Waals surface area contributed by atoms with Crippen LogP contribution in [0.15, 0.2) is 48.5 Å². The van der Waals surface area contributed by atoms with E-state index in [9.17, 15) is 0 Å². The molecule has 8 unspecified atom stereocenters. The number of hydrogen-bond acceptors (Lipinski definition) is 4. The summed E-state index contributed by atoms with van der Waals surface area (Å²) in [4.78, 5) is 0. The zero-order valence-electron chi connectivity index (χ0n) is 27.8. The van der Waals surface area contributed by atoms with Crippen LogP contribution in [0.25, 0.3) is 0 Å². The van der Waals surface area contributed by atoms with Gasteiger partial charge in [-0.05, 0) is 152 Å². The zero-order chi connectivity index (χ0) is 30.6. The highest BCUT2D eigenvalue weighted by molar-refractivity contribution is 5.42. The first-order valence-electron chi connectivity index (χ1n) is 17.6. The smallest absolute Gasteiger partial charge is 0.119 e. The molecule has 5 rings (SSSR count). The number of hydrogen-bond donors (Lipinski definition) is 2. The van der Waals surface area contributed by atoms with Crippen molar-refractivity contribution >= 4 is 11.4 Å². The summed E-state index contributed by atoms with van der Waals surface area (Å²) < 4.78 is 12.6. The van der Waals surface area contributed by atoms with Crippen LogP contribution < -0.4 is 20.9 Å². The first-order valence-corrected chi connectivity index (χ1v) is 17.6. The molecule has 3 aliphatic carbocycles. The second-order valence-electron chi connectivity index (χ2n) is 15.6. The lowest BCUT2D eigenvalue weighted by molar-refractivity contribution is -0.110. The summed E-state index contributed by atoms with van der Waals surface area (Å²) >= 11 is 0. The van der Waals surface area contributed by atoms with Crippen LogP contribution in [0.1, 0.15) is 105 Å². The summed E-state index contributed by atoms with van der Waals surface area (Å²) in [5.41, 5.74) is 14.2. The summed E-state index contributed by atoms with van der Waals surface area (Å²) in [6.45, 7) is 14.2. The van der Waals surface area contributed by atoms with Crippen LogP contribution in [0.4, 0.5) is 11.4 Å². The molecule has 43 heavy (non-hydrogen) atoms. The largest absolute Gasteiger partial charge is 0.494 e. The van der Waals surface area contributed by atoms with E-state index in [-0.39, 0.29) is 5.41 Å². The van der Waals surface area contributed by atoms with Gasteiger partial charge in [0.25, 0.3) is 0 Å². The molecule has 0 aromatic heterocycles. The summed E-state index contributed by atoms with van der Waals surface area (Å²) in [5, 5.41) is 0. The first-order chi connectivity index (χ1) is 20.6. The fraction of sp³-hybridized carbons (Fsp3) is 0.692. The van der Waals surface area contributed by atoms with Gasteiger partial charge in [-0.2, -0.15) is 0 Å². The zero-order valence-corrected chi connectivity index (χ0v) is 27.8. The van der Waals surface area contributed by atoms with Gasteiger partial charge in [0.2, 0.25) is 0 Å². The molecule has 238 valence electrons. The van der Waals surface area contributed by atoms with Crippen LogP contribution in [0.3, 0.4) is 0 Å². The Morgan fingerprint density at radius 1 is 0.744 bits per heavy atom. The highest BCUT2D eigenvalue weighted by Crippen LogP contribution is 2.67. The van der Waals surface area contributed by atoms with Crippen LogP contribution in [0.2, 0.25) is 0 Å². The normalized spacial score (nSPS) is 32.7. The van der Waals surface area contributed by atoms with Gasteiger partial charge in [0, 0.05) is 11.4 Å². The topological polar surface area (TPSA) is 70.5 Å². The molecule has 4 heteroatoms. The van der Waals surface area contributed by atoms with Crippen LogP contribution in [-0.2, 0) is 0 Å². The molecule has 3 saturated carbocycles. The van der Waals surface area contributed by atoms with Gasteiger partial charge in [-0.25, -0.2) is 0 Å². The van der Waals surface area contributed by atoms with E-state index in [1.54, 1.807) is 0 Å². The molecule has 0 aliphatic heterocycles. The van der Waals surface area contributed by atoms with Crippen molar-refractivity contribution in [2.24, 2.45) is 52.3 Å². The van der Waals surface area contributed by atoms with Gasteiger partial charge in [0.15, 0.2) is 0 Å². The number of nitrogen functional groups attached to an aromatic ring is 2. The van der Waals surface area contributed by atoms with E-state index in [0.717, 1.165) is 84.4 Å². The Balaban J connectivity index is 1.28. The molecule has 4 N–H and O–H groups in total. The highest BCUT2D eigenvalue weighted by atomic mass is 16.5. The fourth-order valence-electron chi connectivity index (χ4n) is 10.3.